The molecule has 0 aliphatic carbocycles. The van der Waals surface area contributed by atoms with Crippen molar-refractivity contribution in [3.8, 4) is 0 Å². The van der Waals surface area contributed by atoms with Crippen LogP contribution in [0.15, 0.2) is 42.5 Å². The molecule has 2 aromatic carbocycles. The number of hydrogen-bond acceptors (Lipinski definition) is 4. The lowest BCUT2D eigenvalue weighted by Crippen LogP contribution is -2.16. The second-order valence-electron chi connectivity index (χ2n) is 5.91. The average molecular weight is 344 g/mol. The molecule has 1 heterocycles. The lowest BCUT2D eigenvalue weighted by atomic mass is 9.93. The maximum absolute atomic E-state index is 13.8. The van der Waals surface area contributed by atoms with Gasteiger partial charge < -0.3 is 10.1 Å². The fraction of sp³-hybridized carbons (Fsp3) is 0.278. The van der Waals surface area contributed by atoms with Crippen LogP contribution >= 0.6 is 0 Å². The number of nitrogens with zero attached hydrogens (tertiary/aromatic N) is 1. The summed E-state index contributed by atoms with van der Waals surface area (Å²) in [4.78, 5) is 22.4. The van der Waals surface area contributed by atoms with Crippen molar-refractivity contribution in [1.29, 1.82) is 0 Å². The van der Waals surface area contributed by atoms with Crippen LogP contribution in [0.4, 0.5) is 15.8 Å². The molecule has 1 fully saturated rings. The van der Waals surface area contributed by atoms with Gasteiger partial charge in [0, 0.05) is 30.2 Å². The topological polar surface area (TPSA) is 81.5 Å². The Balaban J connectivity index is 1.73. The Labute approximate surface area is 143 Å². The van der Waals surface area contributed by atoms with Gasteiger partial charge in [0.25, 0.3) is 11.6 Å². The van der Waals surface area contributed by atoms with Gasteiger partial charge in [-0.25, -0.2) is 4.39 Å². The minimum Gasteiger partial charge on any atom is -0.381 e. The van der Waals surface area contributed by atoms with E-state index in [-0.39, 0.29) is 11.4 Å². The van der Waals surface area contributed by atoms with Gasteiger partial charge in [0.15, 0.2) is 0 Å². The van der Waals surface area contributed by atoms with Crippen LogP contribution in [0.1, 0.15) is 34.7 Å². The van der Waals surface area contributed by atoms with Crippen LogP contribution in [0.3, 0.4) is 0 Å². The first-order valence-electron chi connectivity index (χ1n) is 7.97. The van der Waals surface area contributed by atoms with Crippen molar-refractivity contribution in [2.75, 3.05) is 18.5 Å². The molecule has 1 N–H and O–H groups in total. The summed E-state index contributed by atoms with van der Waals surface area (Å²) in [6.07, 6.45) is 2.06. The van der Waals surface area contributed by atoms with Gasteiger partial charge in [0.1, 0.15) is 5.82 Å². The Morgan fingerprint density at radius 1 is 1.24 bits per heavy atom. The van der Waals surface area contributed by atoms with Gasteiger partial charge in [-0.1, -0.05) is 12.1 Å². The number of amides is 1. The van der Waals surface area contributed by atoms with Gasteiger partial charge in [-0.15, -0.1) is 0 Å². The lowest BCUT2D eigenvalue weighted by molar-refractivity contribution is -0.384. The number of non-ortho nitro benzene ring substituents is 1. The number of halogens is 1. The third-order valence-electron chi connectivity index (χ3n) is 4.21. The monoisotopic (exact) mass is 344 g/mol. The number of ether oxygens (including phenoxy) is 1. The van der Waals surface area contributed by atoms with Crippen LogP contribution in [-0.4, -0.2) is 24.0 Å². The molecule has 6 nitrogen and oxygen atoms in total. The van der Waals surface area contributed by atoms with Gasteiger partial charge in [0.2, 0.25) is 0 Å². The van der Waals surface area contributed by atoms with Crippen LogP contribution in [0.25, 0.3) is 0 Å². The Kier molecular flexibility index (Phi) is 5.04. The van der Waals surface area contributed by atoms with Crippen LogP contribution in [0, 0.1) is 15.9 Å². The quantitative estimate of drug-likeness (QED) is 0.674. The molecule has 0 aromatic heterocycles. The predicted octanol–water partition coefficient (Wildman–Crippen LogP) is 3.88. The molecule has 7 heteroatoms. The van der Waals surface area contributed by atoms with E-state index in [1.165, 1.54) is 0 Å². The summed E-state index contributed by atoms with van der Waals surface area (Å²) in [6, 6.07) is 10.0. The van der Waals surface area contributed by atoms with E-state index in [0.29, 0.717) is 18.1 Å². The van der Waals surface area contributed by atoms with Crippen LogP contribution < -0.4 is 5.32 Å². The van der Waals surface area contributed by atoms with E-state index in [0.717, 1.165) is 43.2 Å². The van der Waals surface area contributed by atoms with Gasteiger partial charge in [-0.3, -0.25) is 14.9 Å². The van der Waals surface area contributed by atoms with Crippen molar-refractivity contribution in [1.82, 2.24) is 0 Å². The Bertz CT molecular complexity index is 786. The number of nitro groups is 1. The lowest BCUT2D eigenvalue weighted by Gasteiger charge is -2.22. The molecule has 0 spiro atoms. The van der Waals surface area contributed by atoms with Gasteiger partial charge in [-0.2, -0.15) is 0 Å². The molecule has 3 rings (SSSR count). The first-order chi connectivity index (χ1) is 12.0. The first kappa shape index (κ1) is 17.0. The maximum atomic E-state index is 13.8. The minimum absolute atomic E-state index is 0.219. The zero-order chi connectivity index (χ0) is 17.8. The molecular formula is C18H17FN2O4. The predicted molar refractivity (Wildman–Crippen MR) is 90.2 cm³/mol. The number of benzene rings is 2. The first-order valence-corrected chi connectivity index (χ1v) is 7.97. The molecule has 0 unspecified atom stereocenters. The van der Waals surface area contributed by atoms with Gasteiger partial charge in [-0.05, 0) is 36.6 Å². The zero-order valence-electron chi connectivity index (χ0n) is 13.4. The summed E-state index contributed by atoms with van der Waals surface area (Å²) in [5, 5.41) is 13.1. The van der Waals surface area contributed by atoms with E-state index in [4.69, 9.17) is 4.74 Å². The highest BCUT2D eigenvalue weighted by Crippen LogP contribution is 2.26. The van der Waals surface area contributed by atoms with Crippen molar-refractivity contribution in [3.63, 3.8) is 0 Å². The van der Waals surface area contributed by atoms with E-state index < -0.39 is 16.6 Å². The summed E-state index contributed by atoms with van der Waals surface area (Å²) in [5.41, 5.74) is 0.942. The molecule has 1 atom stereocenters. The highest BCUT2D eigenvalue weighted by Gasteiger charge is 2.17. The maximum Gasteiger partial charge on any atom is 0.271 e. The number of nitrogens with one attached hydrogen (secondary N) is 1. The van der Waals surface area contributed by atoms with Crippen molar-refractivity contribution in [2.24, 2.45) is 0 Å². The fourth-order valence-corrected chi connectivity index (χ4v) is 2.83. The number of carbonyl (C=O) groups excluding carboxylic acids is 1. The SMILES string of the molecule is O=C(Nc1cc([N+](=O)[O-])ccc1F)c1ccc([C@H]2CCCOC2)cc1. The van der Waals surface area contributed by atoms with E-state index in [1.54, 1.807) is 12.1 Å². The highest BCUT2D eigenvalue weighted by molar-refractivity contribution is 6.04. The van der Waals surface area contributed by atoms with Crippen LogP contribution in [-0.2, 0) is 4.74 Å². The summed E-state index contributed by atoms with van der Waals surface area (Å²) in [6.45, 7) is 1.45. The number of hydrogen-bond donors (Lipinski definition) is 1. The summed E-state index contributed by atoms with van der Waals surface area (Å²) in [7, 11) is 0. The van der Waals surface area contributed by atoms with E-state index in [9.17, 15) is 19.3 Å². The third-order valence-corrected chi connectivity index (χ3v) is 4.21. The normalized spacial score (nSPS) is 17.1. The van der Waals surface area contributed by atoms with Crippen molar-refractivity contribution >= 4 is 17.3 Å². The molecule has 1 aliphatic heterocycles. The molecular weight excluding hydrogens is 327 g/mol. The van der Waals surface area contributed by atoms with E-state index in [2.05, 4.69) is 5.32 Å². The van der Waals surface area contributed by atoms with Gasteiger partial charge >= 0.3 is 0 Å². The smallest absolute Gasteiger partial charge is 0.271 e. The van der Waals surface area contributed by atoms with Gasteiger partial charge in [0.05, 0.1) is 17.2 Å². The fourth-order valence-electron chi connectivity index (χ4n) is 2.83. The Hall–Kier alpha value is -2.80. The van der Waals surface area contributed by atoms with Crippen molar-refractivity contribution < 1.29 is 18.8 Å². The standard InChI is InChI=1S/C18H17FN2O4/c19-16-8-7-15(21(23)24)10-17(16)20-18(22)13-5-3-12(4-6-13)14-2-1-9-25-11-14/h3-8,10,14H,1-2,9,11H2,(H,20,22)/t14-/m0/s1. The van der Waals surface area contributed by atoms with E-state index >= 15 is 0 Å². The third kappa shape index (κ3) is 4.00. The molecule has 1 amide bonds. The molecule has 1 saturated heterocycles. The molecule has 0 saturated carbocycles. The van der Waals surface area contributed by atoms with Crippen molar-refractivity contribution in [3.05, 3.63) is 69.5 Å². The molecule has 1 aliphatic rings. The highest BCUT2D eigenvalue weighted by atomic mass is 19.1. The van der Waals surface area contributed by atoms with Crippen LogP contribution in [0.5, 0.6) is 0 Å². The number of nitro benzene ring substituents is 1. The largest absolute Gasteiger partial charge is 0.381 e. The second-order valence-corrected chi connectivity index (χ2v) is 5.91. The Morgan fingerprint density at radius 2 is 2.00 bits per heavy atom. The number of rotatable bonds is 4. The summed E-state index contributed by atoms with van der Waals surface area (Å²) < 4.78 is 19.2. The number of carbonyl (C=O) groups is 1. The number of anilines is 1. The van der Waals surface area contributed by atoms with Crippen molar-refractivity contribution in [2.45, 2.75) is 18.8 Å². The van der Waals surface area contributed by atoms with E-state index in [1.807, 2.05) is 12.1 Å². The summed E-state index contributed by atoms with van der Waals surface area (Å²) >= 11 is 0. The molecule has 2 aromatic rings. The average Bonchev–Trinajstić information content (AvgIpc) is 2.64. The van der Waals surface area contributed by atoms with Crippen LogP contribution in [0.2, 0.25) is 0 Å². The molecule has 0 bridgehead atoms. The molecule has 0 radical (unpaired) electrons. The summed E-state index contributed by atoms with van der Waals surface area (Å²) in [5.74, 6) is -0.930. The minimum atomic E-state index is -0.727. The second kappa shape index (κ2) is 7.40. The Morgan fingerprint density at radius 3 is 2.64 bits per heavy atom. The zero-order valence-corrected chi connectivity index (χ0v) is 13.4. The molecule has 25 heavy (non-hydrogen) atoms. The molecule has 130 valence electrons.